The zero-order valence-corrected chi connectivity index (χ0v) is 11.9. The van der Waals surface area contributed by atoms with Gasteiger partial charge in [0.15, 0.2) is 16.7 Å². The number of nitrogens with zero attached hydrogens (tertiary/aromatic N) is 1. The lowest BCUT2D eigenvalue weighted by molar-refractivity contribution is 0.321. The van der Waals surface area contributed by atoms with Crippen LogP contribution in [0.2, 0.25) is 0 Å². The molecule has 0 fully saturated rings. The van der Waals surface area contributed by atoms with Gasteiger partial charge in [0.2, 0.25) is 0 Å². The zero-order valence-electron chi connectivity index (χ0n) is 11.1. The molecule has 1 heterocycles. The molecule has 0 amide bonds. The predicted molar refractivity (Wildman–Crippen MR) is 75.7 cm³/mol. The second-order valence-electron chi connectivity index (χ2n) is 4.05. The summed E-state index contributed by atoms with van der Waals surface area (Å²) in [5, 5.41) is 0.399. The maximum atomic E-state index is 13.6. The van der Waals surface area contributed by atoms with E-state index >= 15 is 0 Å². The minimum atomic E-state index is -0.514. The molecule has 0 atom stereocenters. The third-order valence-corrected chi connectivity index (χ3v) is 3.38. The molecule has 2 aromatic rings. The molecule has 7 heteroatoms. The van der Waals surface area contributed by atoms with E-state index in [1.165, 1.54) is 18.2 Å². The summed E-state index contributed by atoms with van der Waals surface area (Å²) in [7, 11) is 0. The zero-order chi connectivity index (χ0) is 14.7. The van der Waals surface area contributed by atoms with Gasteiger partial charge >= 0.3 is 0 Å². The Morgan fingerprint density at radius 2 is 2.20 bits per heavy atom. The van der Waals surface area contributed by atoms with Crippen LogP contribution in [-0.2, 0) is 0 Å². The number of aromatic amines is 1. The standard InChI is InChI=1S/C13H14FN3O2S/c1-3-19-10-6-11(9(15)5-8(10)14)20-13-16-7(2)4-12(18)17-13/h4-6H,3,15H2,1-2H3,(H,16,17,18). The fraction of sp³-hybridized carbons (Fsp3) is 0.231. The van der Waals surface area contributed by atoms with Gasteiger partial charge in [-0.25, -0.2) is 9.37 Å². The molecule has 0 spiro atoms. The lowest BCUT2D eigenvalue weighted by atomic mass is 10.3. The third kappa shape index (κ3) is 3.30. The average molecular weight is 295 g/mol. The number of hydrogen-bond donors (Lipinski definition) is 2. The van der Waals surface area contributed by atoms with E-state index in [4.69, 9.17) is 10.5 Å². The molecule has 0 bridgehead atoms. The van der Waals surface area contributed by atoms with Crippen molar-refractivity contribution in [3.63, 3.8) is 0 Å². The molecule has 0 saturated heterocycles. The molecule has 106 valence electrons. The van der Waals surface area contributed by atoms with Gasteiger partial charge in [-0.2, -0.15) is 0 Å². The number of nitrogens with two attached hydrogens (primary N) is 1. The highest BCUT2D eigenvalue weighted by Crippen LogP contribution is 2.34. The molecule has 0 radical (unpaired) electrons. The Morgan fingerprint density at radius 1 is 1.45 bits per heavy atom. The van der Waals surface area contributed by atoms with Crippen LogP contribution in [0.25, 0.3) is 0 Å². The van der Waals surface area contributed by atoms with E-state index in [1.807, 2.05) is 0 Å². The molecule has 5 nitrogen and oxygen atoms in total. The highest BCUT2D eigenvalue weighted by molar-refractivity contribution is 7.99. The summed E-state index contributed by atoms with van der Waals surface area (Å²) in [6.07, 6.45) is 0. The number of hydrogen-bond acceptors (Lipinski definition) is 5. The number of halogens is 1. The summed E-state index contributed by atoms with van der Waals surface area (Å²) in [5.41, 5.74) is 6.39. The predicted octanol–water partition coefficient (Wildman–Crippen LogP) is 2.35. The highest BCUT2D eigenvalue weighted by Gasteiger charge is 2.11. The lowest BCUT2D eigenvalue weighted by Crippen LogP contribution is -2.08. The van der Waals surface area contributed by atoms with Crippen molar-refractivity contribution < 1.29 is 9.13 Å². The van der Waals surface area contributed by atoms with Gasteiger partial charge in [-0.15, -0.1) is 0 Å². The lowest BCUT2D eigenvalue weighted by Gasteiger charge is -2.10. The van der Waals surface area contributed by atoms with Crippen molar-refractivity contribution in [2.45, 2.75) is 23.9 Å². The molecule has 0 aliphatic carbocycles. The van der Waals surface area contributed by atoms with Crippen molar-refractivity contribution in [2.75, 3.05) is 12.3 Å². The maximum absolute atomic E-state index is 13.6. The fourth-order valence-corrected chi connectivity index (χ4v) is 2.50. The van der Waals surface area contributed by atoms with Gasteiger partial charge in [0.1, 0.15) is 0 Å². The van der Waals surface area contributed by atoms with Crippen molar-refractivity contribution in [1.29, 1.82) is 0 Å². The van der Waals surface area contributed by atoms with Crippen LogP contribution in [-0.4, -0.2) is 16.6 Å². The van der Waals surface area contributed by atoms with E-state index in [-0.39, 0.29) is 17.0 Å². The monoisotopic (exact) mass is 295 g/mol. The van der Waals surface area contributed by atoms with E-state index in [0.29, 0.717) is 22.4 Å². The number of anilines is 1. The Balaban J connectivity index is 2.37. The normalized spacial score (nSPS) is 10.6. The molecule has 2 rings (SSSR count). The first-order chi connectivity index (χ1) is 9.49. The van der Waals surface area contributed by atoms with Crippen LogP contribution in [0.4, 0.5) is 10.1 Å². The Labute approximate surface area is 119 Å². The first kappa shape index (κ1) is 14.4. The van der Waals surface area contributed by atoms with Gasteiger partial charge in [-0.1, -0.05) is 0 Å². The quantitative estimate of drug-likeness (QED) is 0.668. The SMILES string of the molecule is CCOc1cc(Sc2nc(C)cc(=O)[nH]2)c(N)cc1F. The molecule has 1 aromatic carbocycles. The van der Waals surface area contributed by atoms with Crippen LogP contribution in [0.1, 0.15) is 12.6 Å². The van der Waals surface area contributed by atoms with Crippen molar-refractivity contribution in [3.05, 3.63) is 40.1 Å². The van der Waals surface area contributed by atoms with Crippen LogP contribution in [0.5, 0.6) is 5.75 Å². The van der Waals surface area contributed by atoms with Gasteiger partial charge in [-0.05, 0) is 31.7 Å². The number of benzene rings is 1. The number of H-pyrrole nitrogens is 1. The molecular formula is C13H14FN3O2S. The molecule has 0 aliphatic heterocycles. The molecule has 0 aliphatic rings. The van der Waals surface area contributed by atoms with E-state index in [2.05, 4.69) is 9.97 Å². The summed E-state index contributed by atoms with van der Waals surface area (Å²) in [4.78, 5) is 18.7. The van der Waals surface area contributed by atoms with Crippen LogP contribution in [0.15, 0.2) is 33.0 Å². The number of aromatic nitrogens is 2. The first-order valence-corrected chi connectivity index (χ1v) is 6.79. The Hall–Kier alpha value is -2.02. The Kier molecular flexibility index (Phi) is 4.29. The van der Waals surface area contributed by atoms with Gasteiger partial charge in [0, 0.05) is 28.4 Å². The highest BCUT2D eigenvalue weighted by atomic mass is 32.2. The topological polar surface area (TPSA) is 81.0 Å². The Bertz CT molecular complexity index is 688. The van der Waals surface area contributed by atoms with Gasteiger partial charge in [0.05, 0.1) is 6.61 Å². The van der Waals surface area contributed by atoms with Crippen molar-refractivity contribution >= 4 is 17.4 Å². The van der Waals surface area contributed by atoms with Crippen LogP contribution >= 0.6 is 11.8 Å². The molecule has 3 N–H and O–H groups in total. The van der Waals surface area contributed by atoms with Gasteiger partial charge in [0.25, 0.3) is 5.56 Å². The molecular weight excluding hydrogens is 281 g/mol. The first-order valence-electron chi connectivity index (χ1n) is 5.97. The smallest absolute Gasteiger partial charge is 0.251 e. The molecule has 20 heavy (non-hydrogen) atoms. The molecule has 0 saturated carbocycles. The minimum Gasteiger partial charge on any atom is -0.491 e. The minimum absolute atomic E-state index is 0.124. The largest absolute Gasteiger partial charge is 0.491 e. The summed E-state index contributed by atoms with van der Waals surface area (Å²) >= 11 is 1.15. The van der Waals surface area contributed by atoms with Crippen LogP contribution < -0.4 is 16.0 Å². The third-order valence-electron chi connectivity index (χ3n) is 2.42. The summed E-state index contributed by atoms with van der Waals surface area (Å²) in [5.74, 6) is -0.390. The van der Waals surface area contributed by atoms with E-state index in [0.717, 1.165) is 11.8 Å². The second kappa shape index (κ2) is 5.96. The van der Waals surface area contributed by atoms with Gasteiger partial charge in [-0.3, -0.25) is 4.79 Å². The summed E-state index contributed by atoms with van der Waals surface area (Å²) in [6, 6.07) is 4.09. The van der Waals surface area contributed by atoms with Crippen molar-refractivity contribution in [2.24, 2.45) is 0 Å². The second-order valence-corrected chi connectivity index (χ2v) is 5.08. The molecule has 1 aromatic heterocycles. The Morgan fingerprint density at radius 3 is 2.85 bits per heavy atom. The average Bonchev–Trinajstić information content (AvgIpc) is 2.34. The summed E-state index contributed by atoms with van der Waals surface area (Å²) < 4.78 is 18.8. The maximum Gasteiger partial charge on any atom is 0.251 e. The number of ether oxygens (including phenoxy) is 1. The number of rotatable bonds is 4. The summed E-state index contributed by atoms with van der Waals surface area (Å²) in [6.45, 7) is 3.84. The number of nitrogens with one attached hydrogen (secondary N) is 1. The van der Waals surface area contributed by atoms with E-state index in [9.17, 15) is 9.18 Å². The number of nitrogen functional groups attached to an aromatic ring is 1. The van der Waals surface area contributed by atoms with Crippen LogP contribution in [0.3, 0.4) is 0 Å². The molecule has 0 unspecified atom stereocenters. The van der Waals surface area contributed by atoms with Crippen LogP contribution in [0, 0.1) is 12.7 Å². The van der Waals surface area contributed by atoms with Gasteiger partial charge < -0.3 is 15.5 Å². The van der Waals surface area contributed by atoms with E-state index < -0.39 is 5.82 Å². The van der Waals surface area contributed by atoms with Crippen molar-refractivity contribution in [3.8, 4) is 5.75 Å². The van der Waals surface area contributed by atoms with Crippen molar-refractivity contribution in [1.82, 2.24) is 9.97 Å². The number of aryl methyl sites for hydroxylation is 1. The van der Waals surface area contributed by atoms with E-state index in [1.54, 1.807) is 13.8 Å². The fourth-order valence-electron chi connectivity index (χ4n) is 1.61.